The van der Waals surface area contributed by atoms with Crippen molar-refractivity contribution >= 4 is 28.3 Å². The van der Waals surface area contributed by atoms with Crippen LogP contribution in [-0.2, 0) is 33.1 Å². The largest absolute Gasteiger partial charge is 0.506 e. The van der Waals surface area contributed by atoms with Gasteiger partial charge in [-0.2, -0.15) is 0 Å². The average molecular weight is 290 g/mol. The van der Waals surface area contributed by atoms with Gasteiger partial charge in [-0.25, -0.2) is 4.79 Å². The molecule has 0 aromatic rings. The van der Waals surface area contributed by atoms with E-state index in [1.165, 1.54) is 0 Å². The lowest BCUT2D eigenvalue weighted by Gasteiger charge is -2.17. The second-order valence-corrected chi connectivity index (χ2v) is 4.16. The molecule has 1 fully saturated rings. The van der Waals surface area contributed by atoms with Crippen LogP contribution in [0, 0.1) is 0 Å². The van der Waals surface area contributed by atoms with Crippen molar-refractivity contribution in [3.8, 4) is 0 Å². The minimum absolute atomic E-state index is 0. The van der Waals surface area contributed by atoms with E-state index in [9.17, 15) is 27.9 Å². The molecular formula is C6H10O11S. The van der Waals surface area contributed by atoms with Gasteiger partial charge in [0.05, 0.1) is 12.8 Å². The van der Waals surface area contributed by atoms with Crippen molar-refractivity contribution in [2.24, 2.45) is 0 Å². The number of hydrogen-bond donors (Lipinski definition) is 2. The zero-order valence-corrected chi connectivity index (χ0v) is 9.39. The lowest BCUT2D eigenvalue weighted by Crippen LogP contribution is -2.42. The SMILES string of the molecule is O.O.O=C(O)CC1(O)CC(=O)OS(=O)(=O)OC1=O. The maximum atomic E-state index is 11.1. The van der Waals surface area contributed by atoms with Crippen LogP contribution in [0.2, 0.25) is 0 Å². The number of aliphatic hydroxyl groups is 1. The van der Waals surface area contributed by atoms with E-state index in [0.717, 1.165) is 0 Å². The molecule has 0 aliphatic carbocycles. The zero-order chi connectivity index (χ0) is 12.6. The van der Waals surface area contributed by atoms with E-state index < -0.39 is 46.7 Å². The maximum Gasteiger partial charge on any atom is 0.506 e. The van der Waals surface area contributed by atoms with Gasteiger partial charge in [-0.1, -0.05) is 0 Å². The van der Waals surface area contributed by atoms with Gasteiger partial charge < -0.3 is 29.5 Å². The molecule has 0 aromatic heterocycles. The summed E-state index contributed by atoms with van der Waals surface area (Å²) in [7, 11) is -4.88. The van der Waals surface area contributed by atoms with Gasteiger partial charge in [0.2, 0.25) is 0 Å². The average Bonchev–Trinajstić information content (AvgIpc) is 2.03. The van der Waals surface area contributed by atoms with Crippen LogP contribution in [0.3, 0.4) is 0 Å². The predicted octanol–water partition coefficient (Wildman–Crippen LogP) is -3.72. The molecule has 1 atom stereocenters. The Morgan fingerprint density at radius 3 is 2.22 bits per heavy atom. The first-order valence-corrected chi connectivity index (χ1v) is 5.13. The van der Waals surface area contributed by atoms with Crippen LogP contribution >= 0.6 is 0 Å². The summed E-state index contributed by atoms with van der Waals surface area (Å²) in [5.74, 6) is -4.85. The molecule has 0 spiro atoms. The number of hydrogen-bond acceptors (Lipinski definition) is 8. The van der Waals surface area contributed by atoms with Gasteiger partial charge in [-0.05, 0) is 0 Å². The summed E-state index contributed by atoms with van der Waals surface area (Å²) < 4.78 is 28.8. The second kappa shape index (κ2) is 5.72. The first-order chi connectivity index (χ1) is 7.15. The summed E-state index contributed by atoms with van der Waals surface area (Å²) in [6, 6.07) is 0. The summed E-state index contributed by atoms with van der Waals surface area (Å²) in [6.45, 7) is 0. The molecule has 0 amide bonds. The summed E-state index contributed by atoms with van der Waals surface area (Å²) in [4.78, 5) is 32.3. The molecule has 1 heterocycles. The molecule has 6 N–H and O–H groups in total. The molecule has 11 nitrogen and oxygen atoms in total. The number of carboxylic acid groups (broad SMARTS) is 1. The molecule has 1 aliphatic rings. The topological polar surface area (TPSA) is 207 Å². The Balaban J connectivity index is 0. The Hall–Kier alpha value is -1.76. The normalized spacial score (nSPS) is 25.6. The Labute approximate surface area is 99.9 Å². The summed E-state index contributed by atoms with van der Waals surface area (Å²) in [6.07, 6.45) is -2.28. The highest BCUT2D eigenvalue weighted by atomic mass is 32.3. The third-order valence-electron chi connectivity index (χ3n) is 1.63. The standard InChI is InChI=1S/C6H6O9S.2H2O/c7-3(8)1-6(11)2-4(9)14-16(12,13)15-5(6)10;;/h11H,1-2H2,(H,7,8);2*1H2. The van der Waals surface area contributed by atoms with E-state index >= 15 is 0 Å². The van der Waals surface area contributed by atoms with E-state index in [1.807, 2.05) is 0 Å². The second-order valence-electron chi connectivity index (χ2n) is 3.01. The number of carbonyl (C=O) groups is 3. The maximum absolute atomic E-state index is 11.1. The minimum Gasteiger partial charge on any atom is -0.481 e. The van der Waals surface area contributed by atoms with Crippen LogP contribution in [0.1, 0.15) is 12.8 Å². The van der Waals surface area contributed by atoms with Crippen molar-refractivity contribution in [3.05, 3.63) is 0 Å². The van der Waals surface area contributed by atoms with Gasteiger partial charge in [0.25, 0.3) is 0 Å². The third-order valence-corrected chi connectivity index (χ3v) is 2.38. The lowest BCUT2D eigenvalue weighted by atomic mass is 9.96. The van der Waals surface area contributed by atoms with Gasteiger partial charge in [-0.3, -0.25) is 9.59 Å². The van der Waals surface area contributed by atoms with Crippen molar-refractivity contribution in [2.75, 3.05) is 0 Å². The van der Waals surface area contributed by atoms with Gasteiger partial charge in [0.1, 0.15) is 0 Å². The van der Waals surface area contributed by atoms with Crippen molar-refractivity contribution in [1.29, 1.82) is 0 Å². The lowest BCUT2D eigenvalue weighted by molar-refractivity contribution is -0.164. The molecule has 0 aromatic carbocycles. The smallest absolute Gasteiger partial charge is 0.481 e. The van der Waals surface area contributed by atoms with Crippen molar-refractivity contribution in [1.82, 2.24) is 0 Å². The van der Waals surface area contributed by atoms with Crippen molar-refractivity contribution in [3.63, 3.8) is 0 Å². The number of aliphatic carboxylic acids is 1. The van der Waals surface area contributed by atoms with E-state index in [0.29, 0.717) is 0 Å². The fourth-order valence-corrected chi connectivity index (χ4v) is 1.69. The van der Waals surface area contributed by atoms with Crippen molar-refractivity contribution in [2.45, 2.75) is 18.4 Å². The van der Waals surface area contributed by atoms with Gasteiger partial charge in [0.15, 0.2) is 5.60 Å². The minimum atomic E-state index is -4.88. The molecule has 12 heteroatoms. The molecule has 0 radical (unpaired) electrons. The highest BCUT2D eigenvalue weighted by Crippen LogP contribution is 2.23. The molecule has 1 saturated heterocycles. The van der Waals surface area contributed by atoms with Gasteiger partial charge in [0, 0.05) is 0 Å². The Bertz CT molecular complexity index is 450. The molecule has 18 heavy (non-hydrogen) atoms. The molecule has 0 bridgehead atoms. The molecule has 1 rings (SSSR count). The fraction of sp³-hybridized carbons (Fsp3) is 0.500. The van der Waals surface area contributed by atoms with Crippen LogP contribution in [-0.4, -0.2) is 53.1 Å². The van der Waals surface area contributed by atoms with E-state index in [2.05, 4.69) is 8.37 Å². The first-order valence-electron chi connectivity index (χ1n) is 3.80. The molecule has 0 saturated carbocycles. The van der Waals surface area contributed by atoms with Crippen LogP contribution < -0.4 is 0 Å². The number of carbonyl (C=O) groups excluding carboxylic acids is 2. The van der Waals surface area contributed by atoms with E-state index in [-0.39, 0.29) is 11.0 Å². The van der Waals surface area contributed by atoms with Crippen LogP contribution in [0.15, 0.2) is 0 Å². The third kappa shape index (κ3) is 4.25. The van der Waals surface area contributed by atoms with Crippen LogP contribution in [0.25, 0.3) is 0 Å². The van der Waals surface area contributed by atoms with E-state index in [1.54, 1.807) is 0 Å². The first kappa shape index (κ1) is 18.6. The predicted molar refractivity (Wildman–Crippen MR) is 50.2 cm³/mol. The van der Waals surface area contributed by atoms with Crippen molar-refractivity contribution < 1.29 is 52.3 Å². The van der Waals surface area contributed by atoms with Crippen LogP contribution in [0.5, 0.6) is 0 Å². The Morgan fingerprint density at radius 2 is 1.78 bits per heavy atom. The molecule has 106 valence electrons. The summed E-state index contributed by atoms with van der Waals surface area (Å²) in [5, 5.41) is 17.9. The monoisotopic (exact) mass is 290 g/mol. The van der Waals surface area contributed by atoms with Gasteiger partial charge >= 0.3 is 28.3 Å². The number of rotatable bonds is 2. The molecule has 1 aliphatic heterocycles. The zero-order valence-electron chi connectivity index (χ0n) is 8.57. The fourth-order valence-electron chi connectivity index (χ4n) is 1.03. The molecule has 1 unspecified atom stereocenters. The van der Waals surface area contributed by atoms with Gasteiger partial charge in [-0.15, -0.1) is 8.42 Å². The quantitative estimate of drug-likeness (QED) is 0.511. The summed E-state index contributed by atoms with van der Waals surface area (Å²) >= 11 is 0. The molecular weight excluding hydrogens is 280 g/mol. The Morgan fingerprint density at radius 1 is 1.28 bits per heavy atom. The van der Waals surface area contributed by atoms with Crippen LogP contribution in [0.4, 0.5) is 0 Å². The number of carboxylic acids is 1. The highest BCUT2D eigenvalue weighted by molar-refractivity contribution is 7.82. The Kier molecular flexibility index (Phi) is 5.91. The summed E-state index contributed by atoms with van der Waals surface area (Å²) in [5.41, 5.74) is -2.74. The highest BCUT2D eigenvalue weighted by Gasteiger charge is 2.48. The van der Waals surface area contributed by atoms with E-state index in [4.69, 9.17) is 5.11 Å².